The van der Waals surface area contributed by atoms with Crippen molar-refractivity contribution in [3.05, 3.63) is 35.1 Å². The van der Waals surface area contributed by atoms with E-state index in [0.717, 1.165) is 6.54 Å². The zero-order chi connectivity index (χ0) is 12.8. The van der Waals surface area contributed by atoms with Crippen LogP contribution in [0.25, 0.3) is 0 Å². The summed E-state index contributed by atoms with van der Waals surface area (Å²) < 4.78 is 0. The summed E-state index contributed by atoms with van der Waals surface area (Å²) in [7, 11) is 0. The van der Waals surface area contributed by atoms with Crippen LogP contribution in [-0.4, -0.2) is 6.54 Å². The normalized spacial score (nSPS) is 23.9. The molecule has 0 spiro atoms. The first-order chi connectivity index (χ1) is 8.83. The lowest BCUT2D eigenvalue weighted by molar-refractivity contribution is 0.574. The van der Waals surface area contributed by atoms with Crippen molar-refractivity contribution >= 4 is 0 Å². The lowest BCUT2D eigenvalue weighted by Gasteiger charge is -2.25. The molecule has 1 N–H and O–H groups in total. The second kappa shape index (κ2) is 6.82. The Morgan fingerprint density at radius 2 is 2.06 bits per heavy atom. The average molecular weight is 245 g/mol. The number of rotatable bonds is 5. The molecule has 1 heterocycles. The molecule has 18 heavy (non-hydrogen) atoms. The van der Waals surface area contributed by atoms with Gasteiger partial charge in [0.2, 0.25) is 0 Å². The molecule has 2 rings (SSSR count). The van der Waals surface area contributed by atoms with Crippen LogP contribution >= 0.6 is 0 Å². The standard InChI is InChI=1S/C17H27N/c1-3-6-14-8-5-9-15(12-14)16-10-11-18-17(13-16)7-4-2/h10,12-13,15,18H,3-9,11H2,1-2H3. The summed E-state index contributed by atoms with van der Waals surface area (Å²) in [5, 5.41) is 3.49. The molecule has 2 aliphatic rings. The van der Waals surface area contributed by atoms with Crippen LogP contribution in [0.1, 0.15) is 58.8 Å². The van der Waals surface area contributed by atoms with E-state index in [1.807, 2.05) is 0 Å². The fourth-order valence-corrected chi connectivity index (χ4v) is 3.09. The van der Waals surface area contributed by atoms with Gasteiger partial charge >= 0.3 is 0 Å². The Hall–Kier alpha value is -0.980. The van der Waals surface area contributed by atoms with Crippen molar-refractivity contribution in [3.63, 3.8) is 0 Å². The first-order valence-electron chi connectivity index (χ1n) is 7.67. The Kier molecular flexibility index (Phi) is 5.10. The highest BCUT2D eigenvalue weighted by atomic mass is 14.9. The molecule has 1 nitrogen and oxygen atoms in total. The molecule has 0 aromatic rings. The van der Waals surface area contributed by atoms with Crippen molar-refractivity contribution in [1.82, 2.24) is 5.32 Å². The van der Waals surface area contributed by atoms with Crippen molar-refractivity contribution in [2.45, 2.75) is 58.8 Å². The van der Waals surface area contributed by atoms with E-state index in [1.54, 1.807) is 11.1 Å². The molecule has 1 atom stereocenters. The molecule has 1 aliphatic heterocycles. The largest absolute Gasteiger partial charge is 0.385 e. The van der Waals surface area contributed by atoms with Crippen molar-refractivity contribution < 1.29 is 0 Å². The van der Waals surface area contributed by atoms with Gasteiger partial charge in [-0.15, -0.1) is 0 Å². The highest BCUT2D eigenvalue weighted by Crippen LogP contribution is 2.32. The van der Waals surface area contributed by atoms with Gasteiger partial charge in [0.15, 0.2) is 0 Å². The maximum Gasteiger partial charge on any atom is 0.0333 e. The molecule has 100 valence electrons. The van der Waals surface area contributed by atoms with Crippen LogP contribution in [0, 0.1) is 5.92 Å². The molecule has 0 saturated carbocycles. The quantitative estimate of drug-likeness (QED) is 0.691. The van der Waals surface area contributed by atoms with E-state index in [1.165, 1.54) is 50.6 Å². The molecule has 0 fully saturated rings. The van der Waals surface area contributed by atoms with Gasteiger partial charge in [-0.1, -0.05) is 44.4 Å². The Labute approximate surface area is 112 Å². The maximum absolute atomic E-state index is 3.49. The maximum atomic E-state index is 3.49. The molecule has 0 aromatic heterocycles. The minimum atomic E-state index is 0.689. The molecular weight excluding hydrogens is 218 g/mol. The van der Waals surface area contributed by atoms with Crippen LogP contribution in [-0.2, 0) is 0 Å². The van der Waals surface area contributed by atoms with Gasteiger partial charge in [0.05, 0.1) is 0 Å². The van der Waals surface area contributed by atoms with Crippen LogP contribution in [0.5, 0.6) is 0 Å². The van der Waals surface area contributed by atoms with Gasteiger partial charge in [-0.3, -0.25) is 0 Å². The van der Waals surface area contributed by atoms with Gasteiger partial charge in [0.1, 0.15) is 0 Å². The lowest BCUT2D eigenvalue weighted by atomic mass is 9.83. The second-order valence-corrected chi connectivity index (χ2v) is 5.58. The van der Waals surface area contributed by atoms with Crippen molar-refractivity contribution in [2.75, 3.05) is 6.54 Å². The third-order valence-corrected chi connectivity index (χ3v) is 3.98. The molecule has 1 aliphatic carbocycles. The SMILES string of the molecule is CCCC1=CC(C2=CCNC(CCC)=C2)CCC1. The van der Waals surface area contributed by atoms with Gasteiger partial charge in [0.25, 0.3) is 0 Å². The lowest BCUT2D eigenvalue weighted by Crippen LogP contribution is -2.20. The Bertz CT molecular complexity index is 360. The smallest absolute Gasteiger partial charge is 0.0333 e. The van der Waals surface area contributed by atoms with Gasteiger partial charge in [-0.2, -0.15) is 0 Å². The summed E-state index contributed by atoms with van der Waals surface area (Å²) in [5.74, 6) is 0.689. The molecule has 0 saturated heterocycles. The number of nitrogens with one attached hydrogen (secondary N) is 1. The Morgan fingerprint density at radius 1 is 1.22 bits per heavy atom. The van der Waals surface area contributed by atoms with E-state index < -0.39 is 0 Å². The third-order valence-electron chi connectivity index (χ3n) is 3.98. The molecular formula is C17H27N. The Balaban J connectivity index is 2.06. The van der Waals surface area contributed by atoms with E-state index in [-0.39, 0.29) is 0 Å². The van der Waals surface area contributed by atoms with Gasteiger partial charge in [-0.05, 0) is 43.8 Å². The predicted octanol–water partition coefficient (Wildman–Crippen LogP) is 4.73. The summed E-state index contributed by atoms with van der Waals surface area (Å²) in [5.41, 5.74) is 4.69. The van der Waals surface area contributed by atoms with Gasteiger partial charge in [0, 0.05) is 18.2 Å². The number of hydrogen-bond donors (Lipinski definition) is 1. The van der Waals surface area contributed by atoms with E-state index in [2.05, 4.69) is 37.4 Å². The first-order valence-corrected chi connectivity index (χ1v) is 7.67. The van der Waals surface area contributed by atoms with Crippen molar-refractivity contribution in [2.24, 2.45) is 5.92 Å². The number of allylic oxidation sites excluding steroid dienone is 5. The van der Waals surface area contributed by atoms with E-state index in [4.69, 9.17) is 0 Å². The van der Waals surface area contributed by atoms with Crippen LogP contribution < -0.4 is 5.32 Å². The highest BCUT2D eigenvalue weighted by molar-refractivity contribution is 5.33. The van der Waals surface area contributed by atoms with Crippen LogP contribution in [0.15, 0.2) is 35.1 Å². The third kappa shape index (κ3) is 3.51. The first kappa shape index (κ1) is 13.5. The fourth-order valence-electron chi connectivity index (χ4n) is 3.09. The molecule has 1 unspecified atom stereocenters. The molecule has 0 amide bonds. The molecule has 1 heteroatoms. The zero-order valence-electron chi connectivity index (χ0n) is 12.0. The van der Waals surface area contributed by atoms with E-state index >= 15 is 0 Å². The van der Waals surface area contributed by atoms with Crippen LogP contribution in [0.2, 0.25) is 0 Å². The van der Waals surface area contributed by atoms with E-state index in [9.17, 15) is 0 Å². The van der Waals surface area contributed by atoms with Crippen LogP contribution in [0.3, 0.4) is 0 Å². The summed E-state index contributed by atoms with van der Waals surface area (Å²) >= 11 is 0. The van der Waals surface area contributed by atoms with Gasteiger partial charge in [-0.25, -0.2) is 0 Å². The zero-order valence-corrected chi connectivity index (χ0v) is 12.0. The highest BCUT2D eigenvalue weighted by Gasteiger charge is 2.17. The van der Waals surface area contributed by atoms with Gasteiger partial charge < -0.3 is 5.32 Å². The molecule has 0 radical (unpaired) electrons. The molecule has 0 bridgehead atoms. The summed E-state index contributed by atoms with van der Waals surface area (Å²) in [6, 6.07) is 0. The van der Waals surface area contributed by atoms with Crippen LogP contribution in [0.4, 0.5) is 0 Å². The Morgan fingerprint density at radius 3 is 2.83 bits per heavy atom. The minimum absolute atomic E-state index is 0.689. The second-order valence-electron chi connectivity index (χ2n) is 5.58. The monoisotopic (exact) mass is 245 g/mol. The molecule has 0 aromatic carbocycles. The minimum Gasteiger partial charge on any atom is -0.385 e. The summed E-state index contributed by atoms with van der Waals surface area (Å²) in [6.07, 6.45) is 16.4. The van der Waals surface area contributed by atoms with Crippen molar-refractivity contribution in [3.8, 4) is 0 Å². The summed E-state index contributed by atoms with van der Waals surface area (Å²) in [6.45, 7) is 5.56. The topological polar surface area (TPSA) is 12.0 Å². The van der Waals surface area contributed by atoms with E-state index in [0.29, 0.717) is 5.92 Å². The number of hydrogen-bond acceptors (Lipinski definition) is 1. The van der Waals surface area contributed by atoms with Crippen molar-refractivity contribution in [1.29, 1.82) is 0 Å². The average Bonchev–Trinajstić information content (AvgIpc) is 2.40. The fraction of sp³-hybridized carbons (Fsp3) is 0.647. The summed E-state index contributed by atoms with van der Waals surface area (Å²) in [4.78, 5) is 0. The number of dihydropyridines is 1. The predicted molar refractivity (Wildman–Crippen MR) is 79.4 cm³/mol.